The summed E-state index contributed by atoms with van der Waals surface area (Å²) in [5.74, 6) is -2.55. The molecule has 0 aliphatic heterocycles. The van der Waals surface area contributed by atoms with Crippen LogP contribution in [0.4, 0.5) is 4.39 Å². The molecule has 100 valence electrons. The highest BCUT2D eigenvalue weighted by Crippen LogP contribution is 2.16. The van der Waals surface area contributed by atoms with Crippen LogP contribution in [0.15, 0.2) is 23.1 Å². The van der Waals surface area contributed by atoms with E-state index >= 15 is 0 Å². The van der Waals surface area contributed by atoms with Gasteiger partial charge in [-0.1, -0.05) is 19.4 Å². The van der Waals surface area contributed by atoms with E-state index in [0.29, 0.717) is 6.42 Å². The quantitative estimate of drug-likeness (QED) is 0.754. The molecule has 0 fully saturated rings. The molecule has 0 atom stereocenters. The van der Waals surface area contributed by atoms with Crippen molar-refractivity contribution >= 4 is 16.0 Å². The minimum absolute atomic E-state index is 0.174. The number of halogens is 1. The number of aromatic carboxylic acids is 1. The first-order valence-electron chi connectivity index (χ1n) is 5.39. The number of unbranched alkanes of at least 4 members (excludes halogenated alkanes) is 1. The molecule has 0 aromatic heterocycles. The predicted octanol–water partition coefficient (Wildman–Crippen LogP) is 0.268. The molecule has 1 aromatic rings. The van der Waals surface area contributed by atoms with Crippen LogP contribution in [0.1, 0.15) is 30.1 Å². The smallest absolute Gasteiger partial charge is 0.243 e. The molecule has 0 aliphatic rings. The molecule has 1 N–H and O–H groups in total. The van der Waals surface area contributed by atoms with Gasteiger partial charge in [-0.3, -0.25) is 0 Å². The molecule has 1 rings (SSSR count). The van der Waals surface area contributed by atoms with Crippen LogP contribution in [0.3, 0.4) is 0 Å². The van der Waals surface area contributed by atoms with Gasteiger partial charge in [-0.2, -0.15) is 0 Å². The summed E-state index contributed by atoms with van der Waals surface area (Å²) in [6.07, 6.45) is 1.39. The molecular formula is C11H13FNO4S-. The lowest BCUT2D eigenvalue weighted by Crippen LogP contribution is -2.27. The number of hydrogen-bond acceptors (Lipinski definition) is 4. The zero-order chi connectivity index (χ0) is 13.8. The zero-order valence-electron chi connectivity index (χ0n) is 9.77. The Hall–Kier alpha value is -1.47. The lowest BCUT2D eigenvalue weighted by atomic mass is 10.2. The van der Waals surface area contributed by atoms with Gasteiger partial charge < -0.3 is 9.90 Å². The normalized spacial score (nSPS) is 11.4. The summed E-state index contributed by atoms with van der Waals surface area (Å²) in [7, 11) is -4.04. The third-order valence-electron chi connectivity index (χ3n) is 2.28. The van der Waals surface area contributed by atoms with Gasteiger partial charge in [0.1, 0.15) is 10.7 Å². The van der Waals surface area contributed by atoms with Crippen LogP contribution in [-0.4, -0.2) is 20.9 Å². The number of carbonyl (C=O) groups excluding carboxylic acids is 1. The van der Waals surface area contributed by atoms with Crippen LogP contribution in [0.5, 0.6) is 0 Å². The van der Waals surface area contributed by atoms with Crippen molar-refractivity contribution in [2.75, 3.05) is 6.54 Å². The maximum absolute atomic E-state index is 13.4. The van der Waals surface area contributed by atoms with Gasteiger partial charge in [0.15, 0.2) is 0 Å². The maximum atomic E-state index is 13.4. The first kappa shape index (κ1) is 14.6. The van der Waals surface area contributed by atoms with Gasteiger partial charge in [-0.05, 0) is 24.1 Å². The number of carboxylic acid groups (broad SMARTS) is 1. The van der Waals surface area contributed by atoms with Crippen LogP contribution in [0, 0.1) is 5.82 Å². The summed E-state index contributed by atoms with van der Waals surface area (Å²) in [6, 6.07) is 2.49. The van der Waals surface area contributed by atoms with Gasteiger partial charge >= 0.3 is 0 Å². The highest BCUT2D eigenvalue weighted by molar-refractivity contribution is 7.89. The highest BCUT2D eigenvalue weighted by Gasteiger charge is 2.19. The van der Waals surface area contributed by atoms with Crippen molar-refractivity contribution in [3.63, 3.8) is 0 Å². The Morgan fingerprint density at radius 1 is 1.44 bits per heavy atom. The molecule has 5 nitrogen and oxygen atoms in total. The number of nitrogens with one attached hydrogen (secondary N) is 1. The number of carbonyl (C=O) groups is 1. The lowest BCUT2D eigenvalue weighted by molar-refractivity contribution is -0.255. The Kier molecular flexibility index (Phi) is 4.80. The lowest BCUT2D eigenvalue weighted by Gasteiger charge is -2.09. The third-order valence-corrected chi connectivity index (χ3v) is 3.75. The van der Waals surface area contributed by atoms with E-state index in [2.05, 4.69) is 4.72 Å². The highest BCUT2D eigenvalue weighted by atomic mass is 32.2. The van der Waals surface area contributed by atoms with Crippen LogP contribution in [0.25, 0.3) is 0 Å². The van der Waals surface area contributed by atoms with Crippen molar-refractivity contribution in [3.05, 3.63) is 29.6 Å². The van der Waals surface area contributed by atoms with Gasteiger partial charge in [0, 0.05) is 6.54 Å². The number of carboxylic acids is 1. The van der Waals surface area contributed by atoms with Gasteiger partial charge in [-0.25, -0.2) is 17.5 Å². The zero-order valence-corrected chi connectivity index (χ0v) is 10.6. The molecular weight excluding hydrogens is 261 g/mol. The average molecular weight is 274 g/mol. The molecule has 0 heterocycles. The maximum Gasteiger partial charge on any atom is 0.243 e. The summed E-state index contributed by atoms with van der Waals surface area (Å²) in [4.78, 5) is 9.92. The van der Waals surface area contributed by atoms with Crippen molar-refractivity contribution in [2.24, 2.45) is 0 Å². The molecule has 0 radical (unpaired) electrons. The molecule has 1 aromatic carbocycles. The van der Waals surface area contributed by atoms with E-state index in [4.69, 9.17) is 0 Å². The molecule has 0 unspecified atom stereocenters. The largest absolute Gasteiger partial charge is 0.545 e. The summed E-state index contributed by atoms with van der Waals surface area (Å²) >= 11 is 0. The second-order valence-electron chi connectivity index (χ2n) is 3.68. The molecule has 0 bridgehead atoms. The molecule has 7 heteroatoms. The van der Waals surface area contributed by atoms with Crippen LogP contribution in [-0.2, 0) is 10.0 Å². The molecule has 0 aliphatic carbocycles. The Bertz CT molecular complexity index is 542. The molecule has 0 amide bonds. The standard InChI is InChI=1S/C11H14FNO4S/c1-2-3-6-13-18(16,17)10-7-8(11(14)15)4-5-9(10)12/h4-5,7,13H,2-3,6H2,1H3,(H,14,15)/p-1. The Morgan fingerprint density at radius 3 is 2.67 bits per heavy atom. The molecule has 0 spiro atoms. The van der Waals surface area contributed by atoms with Crippen molar-refractivity contribution in [3.8, 4) is 0 Å². The van der Waals surface area contributed by atoms with Gasteiger partial charge in [0.05, 0.1) is 5.97 Å². The number of hydrogen-bond donors (Lipinski definition) is 1. The monoisotopic (exact) mass is 274 g/mol. The fourth-order valence-corrected chi connectivity index (χ4v) is 2.47. The Labute approximate surface area is 105 Å². The van der Waals surface area contributed by atoms with Crippen molar-refractivity contribution in [2.45, 2.75) is 24.7 Å². The number of rotatable bonds is 6. The first-order chi connectivity index (χ1) is 8.38. The summed E-state index contributed by atoms with van der Waals surface area (Å²) < 4.78 is 39.1. The Morgan fingerprint density at radius 2 is 2.11 bits per heavy atom. The van der Waals surface area contributed by atoms with E-state index in [9.17, 15) is 22.7 Å². The molecule has 0 saturated carbocycles. The van der Waals surface area contributed by atoms with E-state index < -0.39 is 26.7 Å². The van der Waals surface area contributed by atoms with Crippen LogP contribution >= 0.6 is 0 Å². The summed E-state index contributed by atoms with van der Waals surface area (Å²) in [5.41, 5.74) is -0.382. The minimum atomic E-state index is -4.04. The Balaban J connectivity index is 3.07. The molecule has 0 saturated heterocycles. The summed E-state index contributed by atoms with van der Waals surface area (Å²) in [6.45, 7) is 2.05. The van der Waals surface area contributed by atoms with Crippen LogP contribution in [0.2, 0.25) is 0 Å². The topological polar surface area (TPSA) is 86.3 Å². The summed E-state index contributed by atoms with van der Waals surface area (Å²) in [5, 5.41) is 10.6. The van der Waals surface area contributed by atoms with Crippen molar-refractivity contribution < 1.29 is 22.7 Å². The second kappa shape index (κ2) is 5.92. The van der Waals surface area contributed by atoms with E-state index in [1.54, 1.807) is 0 Å². The van der Waals surface area contributed by atoms with E-state index in [1.807, 2.05) is 6.92 Å². The first-order valence-corrected chi connectivity index (χ1v) is 6.87. The fourth-order valence-electron chi connectivity index (χ4n) is 1.30. The van der Waals surface area contributed by atoms with E-state index in [-0.39, 0.29) is 12.1 Å². The van der Waals surface area contributed by atoms with Crippen LogP contribution < -0.4 is 9.83 Å². The number of sulfonamides is 1. The third kappa shape index (κ3) is 3.51. The van der Waals surface area contributed by atoms with Gasteiger partial charge in [0.25, 0.3) is 0 Å². The molecule has 18 heavy (non-hydrogen) atoms. The van der Waals surface area contributed by atoms with Crippen molar-refractivity contribution in [1.29, 1.82) is 0 Å². The number of benzene rings is 1. The van der Waals surface area contributed by atoms with Gasteiger partial charge in [0.2, 0.25) is 10.0 Å². The van der Waals surface area contributed by atoms with E-state index in [0.717, 1.165) is 24.6 Å². The van der Waals surface area contributed by atoms with E-state index in [1.165, 1.54) is 0 Å². The second-order valence-corrected chi connectivity index (χ2v) is 5.42. The van der Waals surface area contributed by atoms with Gasteiger partial charge in [-0.15, -0.1) is 0 Å². The fraction of sp³-hybridized carbons (Fsp3) is 0.364. The SMILES string of the molecule is CCCCNS(=O)(=O)c1cc(C(=O)[O-])ccc1F. The average Bonchev–Trinajstić information content (AvgIpc) is 2.29. The minimum Gasteiger partial charge on any atom is -0.545 e. The predicted molar refractivity (Wildman–Crippen MR) is 60.8 cm³/mol. The van der Waals surface area contributed by atoms with Crippen molar-refractivity contribution in [1.82, 2.24) is 4.72 Å².